The summed E-state index contributed by atoms with van der Waals surface area (Å²) in [6, 6.07) is 17.1. The van der Waals surface area contributed by atoms with Crippen molar-refractivity contribution in [3.63, 3.8) is 0 Å². The van der Waals surface area contributed by atoms with Crippen molar-refractivity contribution in [1.29, 1.82) is 0 Å². The zero-order chi connectivity index (χ0) is 22.0. The molecule has 8 aromatic rings. The van der Waals surface area contributed by atoms with Crippen LogP contribution in [0.25, 0.3) is 65.1 Å². The van der Waals surface area contributed by atoms with Crippen molar-refractivity contribution in [2.45, 2.75) is 13.8 Å². The van der Waals surface area contributed by atoms with Crippen molar-refractivity contribution in [2.75, 3.05) is 0 Å². The summed E-state index contributed by atoms with van der Waals surface area (Å²) >= 11 is 9.59. The number of phenols is 1. The van der Waals surface area contributed by atoms with Crippen molar-refractivity contribution < 1.29 is 5.11 Å². The first-order valence-corrected chi connectivity index (χ1v) is 14.6. The van der Waals surface area contributed by atoms with Gasteiger partial charge in [0.15, 0.2) is 0 Å². The fourth-order valence-corrected chi connectivity index (χ4v) is 11.3. The topological polar surface area (TPSA) is 25.2 Å². The molecule has 0 atom stereocenters. The minimum absolute atomic E-state index is 0.297. The van der Waals surface area contributed by atoms with E-state index in [-0.39, 0.29) is 0 Å². The standard InChI is InChI=1S/C26H15NOS5/c1-11-7-17-23(29-11)25-21(27(17)13-3-5-14(28)6-4-13)15-9-19-16(10-18(15)31-25)22-26(32-19)24-20(33-22)8-12(2)30-24/h3-10,28H,1-2H3. The van der Waals surface area contributed by atoms with Crippen LogP contribution in [0.5, 0.6) is 5.75 Å². The maximum Gasteiger partial charge on any atom is 0.115 e. The van der Waals surface area contributed by atoms with Gasteiger partial charge in [-0.05, 0) is 62.4 Å². The van der Waals surface area contributed by atoms with Gasteiger partial charge in [0.25, 0.3) is 0 Å². The zero-order valence-corrected chi connectivity index (χ0v) is 21.6. The predicted molar refractivity (Wildman–Crippen MR) is 151 cm³/mol. The number of thiophene rings is 5. The van der Waals surface area contributed by atoms with E-state index in [1.54, 1.807) is 12.1 Å². The second-order valence-electron chi connectivity index (χ2n) is 8.46. The lowest BCUT2D eigenvalue weighted by atomic mass is 10.2. The summed E-state index contributed by atoms with van der Waals surface area (Å²) in [6.45, 7) is 4.38. The molecule has 1 N–H and O–H groups in total. The van der Waals surface area contributed by atoms with Crippen LogP contribution in [-0.4, -0.2) is 9.67 Å². The Bertz CT molecular complexity index is 2050. The molecule has 160 valence electrons. The van der Waals surface area contributed by atoms with E-state index >= 15 is 0 Å². The van der Waals surface area contributed by atoms with Gasteiger partial charge >= 0.3 is 0 Å². The maximum absolute atomic E-state index is 9.86. The first-order chi connectivity index (χ1) is 16.0. The third-order valence-electron chi connectivity index (χ3n) is 6.28. The van der Waals surface area contributed by atoms with Crippen LogP contribution in [0, 0.1) is 13.8 Å². The molecule has 0 aliphatic rings. The third kappa shape index (κ3) is 2.46. The minimum Gasteiger partial charge on any atom is -0.508 e. The number of fused-ring (bicyclic) bond motifs is 10. The number of phenolic OH excluding ortho intramolecular Hbond substituents is 1. The number of hydrogen-bond acceptors (Lipinski definition) is 6. The zero-order valence-electron chi connectivity index (χ0n) is 17.6. The highest BCUT2D eigenvalue weighted by molar-refractivity contribution is 7.41. The Morgan fingerprint density at radius 2 is 1.27 bits per heavy atom. The van der Waals surface area contributed by atoms with E-state index < -0.39 is 0 Å². The van der Waals surface area contributed by atoms with Crippen LogP contribution in [0.3, 0.4) is 0 Å². The van der Waals surface area contributed by atoms with E-state index in [9.17, 15) is 5.11 Å². The van der Waals surface area contributed by atoms with Gasteiger partial charge in [0, 0.05) is 40.3 Å². The smallest absolute Gasteiger partial charge is 0.115 e. The molecular weight excluding hydrogens is 503 g/mol. The van der Waals surface area contributed by atoms with Crippen molar-refractivity contribution in [3.8, 4) is 11.4 Å². The van der Waals surface area contributed by atoms with Crippen molar-refractivity contribution >= 4 is 116 Å². The molecule has 0 bridgehead atoms. The van der Waals surface area contributed by atoms with E-state index in [1.807, 2.05) is 68.8 Å². The van der Waals surface area contributed by atoms with E-state index in [2.05, 4.69) is 42.7 Å². The molecule has 0 amide bonds. The largest absolute Gasteiger partial charge is 0.508 e. The third-order valence-corrected chi connectivity index (χ3v) is 12.4. The Kier molecular flexibility index (Phi) is 3.66. The van der Waals surface area contributed by atoms with Crippen LogP contribution in [0.1, 0.15) is 9.75 Å². The van der Waals surface area contributed by atoms with Gasteiger partial charge in [-0.2, -0.15) is 0 Å². The lowest BCUT2D eigenvalue weighted by Gasteiger charge is -2.07. The summed E-state index contributed by atoms with van der Waals surface area (Å²) in [7, 11) is 0. The molecule has 0 aliphatic carbocycles. The van der Waals surface area contributed by atoms with Gasteiger partial charge in [0.05, 0.1) is 34.5 Å². The van der Waals surface area contributed by atoms with Crippen LogP contribution < -0.4 is 0 Å². The van der Waals surface area contributed by atoms with Crippen LogP contribution >= 0.6 is 56.7 Å². The van der Waals surface area contributed by atoms with Gasteiger partial charge in [-0.15, -0.1) is 56.7 Å². The van der Waals surface area contributed by atoms with Gasteiger partial charge in [0.1, 0.15) is 5.75 Å². The van der Waals surface area contributed by atoms with Crippen LogP contribution in [0.15, 0.2) is 48.5 Å². The molecule has 0 fully saturated rings. The number of benzene rings is 2. The van der Waals surface area contributed by atoms with E-state index in [0.29, 0.717) is 5.75 Å². The average Bonchev–Trinajstić information content (AvgIpc) is 3.58. The fourth-order valence-electron chi connectivity index (χ4n) is 4.93. The Morgan fingerprint density at radius 1 is 0.606 bits per heavy atom. The summed E-state index contributed by atoms with van der Waals surface area (Å²) in [5.74, 6) is 0.297. The Balaban J connectivity index is 1.52. The molecule has 33 heavy (non-hydrogen) atoms. The summed E-state index contributed by atoms with van der Waals surface area (Å²) in [5, 5.41) is 12.6. The molecule has 0 saturated heterocycles. The second kappa shape index (κ2) is 6.37. The first-order valence-electron chi connectivity index (χ1n) is 10.6. The molecular formula is C26H15NOS5. The maximum atomic E-state index is 9.86. The highest BCUT2D eigenvalue weighted by atomic mass is 32.1. The molecule has 7 heteroatoms. The second-order valence-corrected chi connectivity index (χ2v) is 14.1. The number of rotatable bonds is 1. The molecule has 2 aromatic carbocycles. The number of aromatic nitrogens is 1. The summed E-state index contributed by atoms with van der Waals surface area (Å²) in [6.07, 6.45) is 0. The average molecular weight is 518 g/mol. The molecule has 0 saturated carbocycles. The Hall–Kier alpha value is -2.42. The van der Waals surface area contributed by atoms with E-state index in [1.165, 1.54) is 69.2 Å². The Labute approximate surface area is 208 Å². The highest BCUT2D eigenvalue weighted by Gasteiger charge is 2.22. The monoisotopic (exact) mass is 517 g/mol. The highest BCUT2D eigenvalue weighted by Crippen LogP contribution is 2.51. The molecule has 0 aliphatic heterocycles. The van der Waals surface area contributed by atoms with Crippen molar-refractivity contribution in [1.82, 2.24) is 4.57 Å². The van der Waals surface area contributed by atoms with Crippen molar-refractivity contribution in [3.05, 3.63) is 58.3 Å². The molecule has 0 radical (unpaired) electrons. The lowest BCUT2D eigenvalue weighted by molar-refractivity contribution is 0.475. The van der Waals surface area contributed by atoms with Crippen molar-refractivity contribution in [2.24, 2.45) is 0 Å². The molecule has 6 aromatic heterocycles. The number of hydrogen-bond donors (Lipinski definition) is 1. The predicted octanol–water partition coefficient (Wildman–Crippen LogP) is 10.0. The van der Waals surface area contributed by atoms with Gasteiger partial charge < -0.3 is 9.67 Å². The van der Waals surface area contributed by atoms with Gasteiger partial charge in [-0.1, -0.05) is 0 Å². The van der Waals surface area contributed by atoms with E-state index in [4.69, 9.17) is 0 Å². The lowest BCUT2D eigenvalue weighted by Crippen LogP contribution is -1.92. The molecule has 0 spiro atoms. The summed E-state index contributed by atoms with van der Waals surface area (Å²) < 4.78 is 13.6. The number of aromatic hydroxyl groups is 1. The summed E-state index contributed by atoms with van der Waals surface area (Å²) in [4.78, 5) is 2.71. The normalized spacial score (nSPS) is 12.7. The SMILES string of the molecule is Cc1cc2sc3c4cc5sc6c7sc(C)cc7n(-c7ccc(O)cc7)c6c5cc4sc3c2s1. The number of aryl methyl sites for hydroxylation is 2. The summed E-state index contributed by atoms with van der Waals surface area (Å²) in [5.41, 5.74) is 3.64. The van der Waals surface area contributed by atoms with Gasteiger partial charge in [0.2, 0.25) is 0 Å². The molecule has 8 rings (SSSR count). The molecule has 2 nitrogen and oxygen atoms in total. The van der Waals surface area contributed by atoms with Crippen LogP contribution in [0.4, 0.5) is 0 Å². The molecule has 0 unspecified atom stereocenters. The number of nitrogens with zero attached hydrogens (tertiary/aromatic N) is 1. The van der Waals surface area contributed by atoms with Gasteiger partial charge in [-0.25, -0.2) is 0 Å². The van der Waals surface area contributed by atoms with Crippen LogP contribution in [-0.2, 0) is 0 Å². The molecule has 6 heterocycles. The first kappa shape index (κ1) is 18.9. The van der Waals surface area contributed by atoms with Crippen LogP contribution in [0.2, 0.25) is 0 Å². The Morgan fingerprint density at radius 3 is 2.12 bits per heavy atom. The van der Waals surface area contributed by atoms with Gasteiger partial charge in [-0.3, -0.25) is 0 Å². The minimum atomic E-state index is 0.297. The van der Waals surface area contributed by atoms with E-state index in [0.717, 1.165) is 5.69 Å². The quantitative estimate of drug-likeness (QED) is 0.230. The fraction of sp³-hybridized carbons (Fsp3) is 0.0769.